The van der Waals surface area contributed by atoms with Crippen LogP contribution in [0.5, 0.6) is 0 Å². The van der Waals surface area contributed by atoms with Crippen LogP contribution in [0.25, 0.3) is 0 Å². The van der Waals surface area contributed by atoms with Crippen molar-refractivity contribution in [2.45, 2.75) is 32.1 Å². The van der Waals surface area contributed by atoms with Crippen LogP contribution < -0.4 is 0 Å². The topological polar surface area (TPSA) is 54.4 Å². The molecule has 13 heavy (non-hydrogen) atoms. The maximum Gasteiger partial charge on any atom is 0.338 e. The van der Waals surface area contributed by atoms with Crippen molar-refractivity contribution in [3.63, 3.8) is 0 Å². The molecule has 0 unspecified atom stereocenters. The van der Waals surface area contributed by atoms with E-state index in [2.05, 4.69) is 0 Å². The molecule has 1 N–H and O–H groups in total. The summed E-state index contributed by atoms with van der Waals surface area (Å²) in [5.41, 5.74) is -0.0908. The average Bonchev–Trinajstić information content (AvgIpc) is 2.15. The molecule has 0 saturated heterocycles. The first kappa shape index (κ1) is 9.96. The summed E-state index contributed by atoms with van der Waals surface area (Å²) in [6.45, 7) is 0. The van der Waals surface area contributed by atoms with Crippen molar-refractivity contribution in [2.24, 2.45) is 5.92 Å². The fourth-order valence-corrected chi connectivity index (χ4v) is 1.72. The average molecular weight is 182 g/mol. The Balaban J connectivity index is 2.59. The summed E-state index contributed by atoms with van der Waals surface area (Å²) >= 11 is 0. The van der Waals surface area contributed by atoms with Crippen molar-refractivity contribution in [3.05, 3.63) is 11.6 Å². The third-order valence-corrected chi connectivity index (χ3v) is 2.44. The molecule has 0 aromatic heterocycles. The first-order valence-corrected chi connectivity index (χ1v) is 4.64. The van der Waals surface area contributed by atoms with E-state index in [0.717, 1.165) is 25.7 Å². The zero-order valence-corrected chi connectivity index (χ0v) is 7.53. The van der Waals surface area contributed by atoms with Crippen LogP contribution >= 0.6 is 0 Å². The Labute approximate surface area is 77.4 Å². The van der Waals surface area contributed by atoms with E-state index in [-0.39, 0.29) is 5.57 Å². The van der Waals surface area contributed by atoms with Gasteiger partial charge in [0.2, 0.25) is 0 Å². The van der Waals surface area contributed by atoms with Crippen molar-refractivity contribution < 1.29 is 14.7 Å². The fraction of sp³-hybridized carbons (Fsp3) is 0.600. The van der Waals surface area contributed by atoms with Crippen LogP contribution in [0, 0.1) is 5.92 Å². The van der Waals surface area contributed by atoms with Crippen LogP contribution in [-0.4, -0.2) is 17.4 Å². The van der Waals surface area contributed by atoms with Gasteiger partial charge in [0.25, 0.3) is 0 Å². The predicted octanol–water partition coefficient (Wildman–Crippen LogP) is 1.78. The molecule has 0 atom stereocenters. The van der Waals surface area contributed by atoms with Crippen molar-refractivity contribution in [1.29, 1.82) is 0 Å². The summed E-state index contributed by atoms with van der Waals surface area (Å²) in [5.74, 6) is -0.814. The zero-order valence-electron chi connectivity index (χ0n) is 7.53. The van der Waals surface area contributed by atoms with Crippen molar-refractivity contribution >= 4 is 12.3 Å². The van der Waals surface area contributed by atoms with Gasteiger partial charge in [0.1, 0.15) is 0 Å². The molecule has 1 rings (SSSR count). The number of hydrogen-bond acceptors (Lipinski definition) is 2. The molecule has 0 spiro atoms. The Morgan fingerprint density at radius 1 is 1.23 bits per heavy atom. The number of carbonyl (C=O) groups is 2. The van der Waals surface area contributed by atoms with E-state index in [1.54, 1.807) is 6.08 Å². The molecule has 3 nitrogen and oxygen atoms in total. The number of carbonyl (C=O) groups excluding carboxylic acids is 1. The number of carboxylic acids is 1. The van der Waals surface area contributed by atoms with Crippen LogP contribution in [-0.2, 0) is 9.59 Å². The van der Waals surface area contributed by atoms with Gasteiger partial charge in [-0.1, -0.05) is 25.3 Å². The predicted molar refractivity (Wildman–Crippen MR) is 48.4 cm³/mol. The lowest BCUT2D eigenvalue weighted by molar-refractivity contribution is -0.133. The van der Waals surface area contributed by atoms with E-state index >= 15 is 0 Å². The van der Waals surface area contributed by atoms with Gasteiger partial charge in [-0.3, -0.25) is 4.79 Å². The monoisotopic (exact) mass is 182 g/mol. The minimum absolute atomic E-state index is 0.0908. The number of hydrogen-bond donors (Lipinski definition) is 1. The molecule has 0 aromatic rings. The van der Waals surface area contributed by atoms with Gasteiger partial charge in [0.15, 0.2) is 6.29 Å². The molecular weight excluding hydrogens is 168 g/mol. The van der Waals surface area contributed by atoms with E-state index in [1.807, 2.05) is 0 Å². The van der Waals surface area contributed by atoms with Gasteiger partial charge in [-0.05, 0) is 18.8 Å². The highest BCUT2D eigenvalue weighted by Gasteiger charge is 2.14. The van der Waals surface area contributed by atoms with E-state index in [0.29, 0.717) is 12.2 Å². The Bertz CT molecular complexity index is 224. The van der Waals surface area contributed by atoms with Crippen molar-refractivity contribution in [3.8, 4) is 0 Å². The maximum atomic E-state index is 10.5. The van der Waals surface area contributed by atoms with Crippen LogP contribution in [0.15, 0.2) is 11.6 Å². The molecule has 1 aliphatic rings. The fourth-order valence-electron chi connectivity index (χ4n) is 1.72. The van der Waals surface area contributed by atoms with Crippen molar-refractivity contribution in [2.75, 3.05) is 0 Å². The number of carboxylic acid groups (broad SMARTS) is 1. The highest BCUT2D eigenvalue weighted by molar-refractivity contribution is 6.06. The van der Waals surface area contributed by atoms with Crippen LogP contribution in [0.2, 0.25) is 0 Å². The van der Waals surface area contributed by atoms with Gasteiger partial charge in [-0.25, -0.2) is 4.79 Å². The maximum absolute atomic E-state index is 10.5. The van der Waals surface area contributed by atoms with E-state index in [9.17, 15) is 9.59 Å². The quantitative estimate of drug-likeness (QED) is 0.313. The van der Waals surface area contributed by atoms with Gasteiger partial charge < -0.3 is 5.11 Å². The highest BCUT2D eigenvalue weighted by atomic mass is 16.4. The number of aldehydes is 1. The minimum Gasteiger partial charge on any atom is -0.478 e. The number of aliphatic carboxylic acids is 1. The van der Waals surface area contributed by atoms with Crippen LogP contribution in [0.1, 0.15) is 32.1 Å². The second kappa shape index (κ2) is 4.80. The van der Waals surface area contributed by atoms with E-state index < -0.39 is 5.97 Å². The molecule has 1 fully saturated rings. The molecular formula is C10H14O3. The Kier molecular flexibility index (Phi) is 3.68. The molecule has 0 aromatic carbocycles. The minimum atomic E-state index is -1.11. The Hall–Kier alpha value is -1.12. The van der Waals surface area contributed by atoms with Crippen LogP contribution in [0.4, 0.5) is 0 Å². The van der Waals surface area contributed by atoms with E-state index in [4.69, 9.17) is 5.11 Å². The van der Waals surface area contributed by atoms with Gasteiger partial charge in [-0.15, -0.1) is 0 Å². The number of allylic oxidation sites excluding steroid dienone is 1. The normalized spacial score (nSPS) is 19.8. The standard InChI is InChI=1S/C10H14O3/c11-7-9(10(12)13)6-8-4-2-1-3-5-8/h6-8H,1-5H2,(H,12,13). The second-order valence-corrected chi connectivity index (χ2v) is 3.44. The lowest BCUT2D eigenvalue weighted by atomic mass is 9.88. The summed E-state index contributed by atoms with van der Waals surface area (Å²) in [5, 5.41) is 8.60. The van der Waals surface area contributed by atoms with E-state index in [1.165, 1.54) is 6.42 Å². The highest BCUT2D eigenvalue weighted by Crippen LogP contribution is 2.25. The molecule has 0 aliphatic heterocycles. The van der Waals surface area contributed by atoms with Crippen molar-refractivity contribution in [1.82, 2.24) is 0 Å². The van der Waals surface area contributed by atoms with Gasteiger partial charge in [-0.2, -0.15) is 0 Å². The molecule has 0 bridgehead atoms. The van der Waals surface area contributed by atoms with Gasteiger partial charge in [0, 0.05) is 0 Å². The summed E-state index contributed by atoms with van der Waals surface area (Å²) in [6.07, 6.45) is 7.59. The molecule has 72 valence electrons. The largest absolute Gasteiger partial charge is 0.478 e. The molecule has 0 heterocycles. The molecule has 3 heteroatoms. The lowest BCUT2D eigenvalue weighted by Crippen LogP contribution is -2.08. The summed E-state index contributed by atoms with van der Waals surface area (Å²) in [7, 11) is 0. The van der Waals surface area contributed by atoms with Gasteiger partial charge >= 0.3 is 5.97 Å². The molecule has 0 radical (unpaired) electrons. The first-order chi connectivity index (χ1) is 6.24. The summed E-state index contributed by atoms with van der Waals surface area (Å²) in [6, 6.07) is 0. The Morgan fingerprint density at radius 3 is 2.31 bits per heavy atom. The molecule has 0 amide bonds. The van der Waals surface area contributed by atoms with Crippen LogP contribution in [0.3, 0.4) is 0 Å². The first-order valence-electron chi connectivity index (χ1n) is 4.64. The summed E-state index contributed by atoms with van der Waals surface area (Å²) in [4.78, 5) is 20.9. The Morgan fingerprint density at radius 2 is 1.85 bits per heavy atom. The molecule has 1 aliphatic carbocycles. The SMILES string of the molecule is O=CC(=CC1CCCCC1)C(=O)O. The second-order valence-electron chi connectivity index (χ2n) is 3.44. The third kappa shape index (κ3) is 3.01. The number of rotatable bonds is 3. The molecule has 1 saturated carbocycles. The summed E-state index contributed by atoms with van der Waals surface area (Å²) < 4.78 is 0. The third-order valence-electron chi connectivity index (χ3n) is 2.44. The zero-order chi connectivity index (χ0) is 9.68. The lowest BCUT2D eigenvalue weighted by Gasteiger charge is -2.17. The van der Waals surface area contributed by atoms with Gasteiger partial charge in [0.05, 0.1) is 5.57 Å². The smallest absolute Gasteiger partial charge is 0.338 e.